The average Bonchev–Trinajstić information content (AvgIpc) is 3.55. The molecule has 2 aromatic carbocycles. The van der Waals surface area contributed by atoms with E-state index in [0.29, 0.717) is 24.5 Å². The number of benzene rings is 2. The topological polar surface area (TPSA) is 59.0 Å². The Labute approximate surface area is 194 Å². The lowest BCUT2D eigenvalue weighted by Gasteiger charge is -2.63. The van der Waals surface area contributed by atoms with E-state index in [1.807, 2.05) is 43.3 Å². The summed E-state index contributed by atoms with van der Waals surface area (Å²) in [5, 5.41) is 12.5. The van der Waals surface area contributed by atoms with Crippen LogP contribution in [0.4, 0.5) is 0 Å². The van der Waals surface area contributed by atoms with E-state index in [1.165, 1.54) is 18.4 Å². The summed E-state index contributed by atoms with van der Waals surface area (Å²) in [6.07, 6.45) is 4.08. The smallest absolute Gasteiger partial charge is 0.177 e. The molecule has 172 valence electrons. The Morgan fingerprint density at radius 3 is 2.79 bits per heavy atom. The Balaban J connectivity index is 1.33. The van der Waals surface area contributed by atoms with Gasteiger partial charge in [0, 0.05) is 24.1 Å². The van der Waals surface area contributed by atoms with Gasteiger partial charge in [-0.25, -0.2) is 0 Å². The van der Waals surface area contributed by atoms with Crippen LogP contribution in [0.15, 0.2) is 42.5 Å². The molecule has 0 amide bonds. The first-order valence-corrected chi connectivity index (χ1v) is 12.5. The maximum Gasteiger partial charge on any atom is 0.177 e. The molecular weight excluding hydrogens is 414 g/mol. The predicted octanol–water partition coefficient (Wildman–Crippen LogP) is 3.64. The van der Waals surface area contributed by atoms with E-state index in [9.17, 15) is 9.90 Å². The van der Waals surface area contributed by atoms with Crippen LogP contribution in [0, 0.1) is 11.8 Å². The van der Waals surface area contributed by atoms with Crippen LogP contribution in [0.25, 0.3) is 0 Å². The van der Waals surface area contributed by atoms with Gasteiger partial charge < -0.3 is 14.6 Å². The summed E-state index contributed by atoms with van der Waals surface area (Å²) in [4.78, 5) is 16.0. The van der Waals surface area contributed by atoms with E-state index >= 15 is 0 Å². The van der Waals surface area contributed by atoms with Crippen molar-refractivity contribution in [3.63, 3.8) is 0 Å². The minimum atomic E-state index is -0.950. The van der Waals surface area contributed by atoms with Crippen LogP contribution >= 0.6 is 0 Å². The average molecular weight is 446 g/mol. The van der Waals surface area contributed by atoms with Crippen molar-refractivity contribution in [2.45, 2.75) is 68.8 Å². The quantitative estimate of drug-likeness (QED) is 0.762. The third-order valence-corrected chi connectivity index (χ3v) is 9.10. The molecule has 1 saturated heterocycles. The zero-order valence-electron chi connectivity index (χ0n) is 19.1. The fraction of sp³-hybridized carbons (Fsp3) is 0.536. The summed E-state index contributed by atoms with van der Waals surface area (Å²) < 4.78 is 12.8. The van der Waals surface area contributed by atoms with Crippen molar-refractivity contribution in [2.24, 2.45) is 11.8 Å². The molecule has 33 heavy (non-hydrogen) atoms. The van der Waals surface area contributed by atoms with Crippen molar-refractivity contribution >= 4 is 5.78 Å². The van der Waals surface area contributed by atoms with Gasteiger partial charge in [0.15, 0.2) is 23.4 Å². The number of Topliss-reactive ketones (excluding diaryl/α,β-unsaturated/α-hetero) is 1. The Hall–Kier alpha value is -2.37. The molecule has 2 bridgehead atoms. The Morgan fingerprint density at radius 2 is 2.00 bits per heavy atom. The summed E-state index contributed by atoms with van der Waals surface area (Å²) >= 11 is 0. The molecule has 5 aliphatic rings. The predicted molar refractivity (Wildman–Crippen MR) is 123 cm³/mol. The first kappa shape index (κ1) is 20.0. The molecule has 2 heterocycles. The fourth-order valence-electron chi connectivity index (χ4n) is 7.37. The molecular formula is C28H31NO4. The largest absolute Gasteiger partial charge is 0.485 e. The second-order valence-corrected chi connectivity index (χ2v) is 11.0. The van der Waals surface area contributed by atoms with Crippen LogP contribution in [-0.4, -0.2) is 46.6 Å². The molecule has 7 rings (SSSR count). The Kier molecular flexibility index (Phi) is 4.15. The van der Waals surface area contributed by atoms with Crippen LogP contribution in [-0.2, 0) is 23.2 Å². The lowest BCUT2D eigenvalue weighted by molar-refractivity contribution is -0.196. The number of hydrogen-bond donors (Lipinski definition) is 1. The number of hydrogen-bond acceptors (Lipinski definition) is 5. The highest BCUT2D eigenvalue weighted by atomic mass is 16.5. The fourth-order valence-corrected chi connectivity index (χ4v) is 7.37. The number of aliphatic hydroxyl groups is 1. The highest BCUT2D eigenvalue weighted by Gasteiger charge is 2.74. The lowest BCUT2D eigenvalue weighted by Crippen LogP contribution is -2.77. The van der Waals surface area contributed by atoms with Gasteiger partial charge in [-0.1, -0.05) is 43.3 Å². The normalized spacial score (nSPS) is 36.3. The zero-order valence-corrected chi connectivity index (χ0v) is 19.1. The molecule has 5 heteroatoms. The zero-order chi connectivity index (χ0) is 22.4. The van der Waals surface area contributed by atoms with Crippen molar-refractivity contribution in [1.29, 1.82) is 0 Å². The van der Waals surface area contributed by atoms with E-state index in [2.05, 4.69) is 11.0 Å². The lowest BCUT2D eigenvalue weighted by atomic mass is 9.47. The van der Waals surface area contributed by atoms with Crippen molar-refractivity contribution in [3.8, 4) is 11.5 Å². The minimum Gasteiger partial charge on any atom is -0.485 e. The van der Waals surface area contributed by atoms with E-state index in [-0.39, 0.29) is 17.7 Å². The summed E-state index contributed by atoms with van der Waals surface area (Å²) in [6.45, 7) is 4.39. The standard InChI is InChI=1S/C28H31NO4/c1-17-14-28(31)22-13-20-9-10-21(32-16-19-5-3-2-4-6-19)25-23(20)27(28,26(33-25)24(17)30)11-12-29(22)15-18-7-8-18/h2-6,9-10,17-18,22,26,31H,7-8,11-16H2,1H3/t17-,22+,26-,27-,28?/m0/s1. The van der Waals surface area contributed by atoms with Gasteiger partial charge in [0.1, 0.15) is 6.61 Å². The van der Waals surface area contributed by atoms with E-state index < -0.39 is 17.1 Å². The van der Waals surface area contributed by atoms with Gasteiger partial charge >= 0.3 is 0 Å². The van der Waals surface area contributed by atoms with E-state index in [0.717, 1.165) is 43.0 Å². The van der Waals surface area contributed by atoms with Crippen LogP contribution in [0.2, 0.25) is 0 Å². The number of ether oxygens (including phenoxy) is 2. The highest BCUT2D eigenvalue weighted by Crippen LogP contribution is 2.65. The highest BCUT2D eigenvalue weighted by molar-refractivity contribution is 5.91. The molecule has 5 nitrogen and oxygen atoms in total. The number of nitrogens with zero attached hydrogens (tertiary/aromatic N) is 1. The number of carbonyl (C=O) groups is 1. The van der Waals surface area contributed by atoms with E-state index in [1.54, 1.807) is 0 Å². The van der Waals surface area contributed by atoms with Crippen molar-refractivity contribution < 1.29 is 19.4 Å². The minimum absolute atomic E-state index is 0.0445. The maximum absolute atomic E-state index is 13.5. The molecule has 1 unspecified atom stereocenters. The molecule has 2 aliphatic heterocycles. The van der Waals surface area contributed by atoms with Crippen molar-refractivity contribution in [2.75, 3.05) is 13.1 Å². The molecule has 0 radical (unpaired) electrons. The molecule has 3 aliphatic carbocycles. The van der Waals surface area contributed by atoms with Crippen molar-refractivity contribution in [3.05, 3.63) is 59.2 Å². The maximum atomic E-state index is 13.5. The van der Waals surface area contributed by atoms with E-state index in [4.69, 9.17) is 9.47 Å². The number of rotatable bonds is 5. The van der Waals surface area contributed by atoms with Gasteiger partial charge in [-0.3, -0.25) is 9.69 Å². The molecule has 2 saturated carbocycles. The number of piperidine rings is 1. The second kappa shape index (κ2) is 6.83. The SMILES string of the molecule is C[C@H]1CC2(O)[C@H]3Cc4ccc(OCc5ccccc5)c5c4[C@@]2(CCN3CC2CC2)[C@@H](O5)C1=O. The van der Waals surface area contributed by atoms with Crippen molar-refractivity contribution in [1.82, 2.24) is 4.90 Å². The third kappa shape index (κ3) is 2.64. The monoisotopic (exact) mass is 445 g/mol. The van der Waals surface area contributed by atoms with Crippen LogP contribution in [0.3, 0.4) is 0 Å². The molecule has 3 fully saturated rings. The van der Waals surface area contributed by atoms with Gasteiger partial charge in [0.25, 0.3) is 0 Å². The molecule has 2 aromatic rings. The third-order valence-electron chi connectivity index (χ3n) is 9.10. The molecule has 0 aromatic heterocycles. The van der Waals surface area contributed by atoms with Gasteiger partial charge in [-0.15, -0.1) is 0 Å². The van der Waals surface area contributed by atoms with Crippen LogP contribution in [0.5, 0.6) is 11.5 Å². The summed E-state index contributed by atoms with van der Waals surface area (Å²) in [5.41, 5.74) is 1.76. The number of carbonyl (C=O) groups excluding carboxylic acids is 1. The summed E-state index contributed by atoms with van der Waals surface area (Å²) in [7, 11) is 0. The van der Waals surface area contributed by atoms with Gasteiger partial charge in [0.05, 0.1) is 11.0 Å². The first-order valence-electron chi connectivity index (χ1n) is 12.5. The van der Waals surface area contributed by atoms with Gasteiger partial charge in [-0.2, -0.15) is 0 Å². The summed E-state index contributed by atoms with van der Waals surface area (Å²) in [6, 6.07) is 14.3. The van der Waals surface area contributed by atoms with Crippen LogP contribution in [0.1, 0.15) is 49.3 Å². The Bertz CT molecular complexity index is 1130. The number of likely N-dealkylation sites (tertiary alicyclic amines) is 1. The summed E-state index contributed by atoms with van der Waals surface area (Å²) in [5.74, 6) is 2.08. The second-order valence-electron chi connectivity index (χ2n) is 11.0. The molecule has 1 N–H and O–H groups in total. The molecule has 1 spiro atoms. The Morgan fingerprint density at radius 1 is 1.18 bits per heavy atom. The van der Waals surface area contributed by atoms with Gasteiger partial charge in [0.2, 0.25) is 0 Å². The van der Waals surface area contributed by atoms with Gasteiger partial charge in [-0.05, 0) is 61.8 Å². The van der Waals surface area contributed by atoms with Crippen LogP contribution < -0.4 is 9.47 Å². The molecule has 5 atom stereocenters. The number of ketones is 1. The first-order chi connectivity index (χ1) is 16.0.